The summed E-state index contributed by atoms with van der Waals surface area (Å²) in [5.41, 5.74) is 0.854. The van der Waals surface area contributed by atoms with Crippen LogP contribution in [0.25, 0.3) is 11.0 Å². The van der Waals surface area contributed by atoms with Crippen LogP contribution in [0, 0.1) is 0 Å². The molecule has 2 aromatic heterocycles. The van der Waals surface area contributed by atoms with Gasteiger partial charge in [-0.05, 0) is 27.7 Å². The van der Waals surface area contributed by atoms with Crippen molar-refractivity contribution in [3.63, 3.8) is 0 Å². The van der Waals surface area contributed by atoms with E-state index in [0.717, 1.165) is 29.9 Å². The average Bonchev–Trinajstić information content (AvgIpc) is 2.76. The Labute approximate surface area is 120 Å². The number of rotatable bonds is 6. The first kappa shape index (κ1) is 14.7. The summed E-state index contributed by atoms with van der Waals surface area (Å²) < 4.78 is 1.76. The molecule has 1 N–H and O–H groups in total. The molecule has 20 heavy (non-hydrogen) atoms. The van der Waals surface area contributed by atoms with Crippen LogP contribution in [-0.4, -0.2) is 49.8 Å². The fourth-order valence-electron chi connectivity index (χ4n) is 2.52. The molecule has 0 aliphatic rings. The lowest BCUT2D eigenvalue weighted by atomic mass is 10.2. The van der Waals surface area contributed by atoms with Crippen LogP contribution in [0.5, 0.6) is 0 Å². The first-order chi connectivity index (χ1) is 9.50. The lowest BCUT2D eigenvalue weighted by Gasteiger charge is -2.30. The highest BCUT2D eigenvalue weighted by Gasteiger charge is 2.13. The molecule has 0 spiro atoms. The van der Waals surface area contributed by atoms with Crippen molar-refractivity contribution in [1.29, 1.82) is 0 Å². The van der Waals surface area contributed by atoms with Crippen LogP contribution in [0.4, 0.5) is 5.82 Å². The minimum Gasteiger partial charge on any atom is -0.368 e. The summed E-state index contributed by atoms with van der Waals surface area (Å²) in [6, 6.07) is 1.08. The Kier molecular flexibility index (Phi) is 4.54. The summed E-state index contributed by atoms with van der Waals surface area (Å²) in [4.78, 5) is 11.0. The zero-order chi connectivity index (χ0) is 14.7. The van der Waals surface area contributed by atoms with Crippen molar-refractivity contribution in [2.75, 3.05) is 18.4 Å². The maximum Gasteiger partial charge on any atom is 0.163 e. The van der Waals surface area contributed by atoms with E-state index in [1.54, 1.807) is 17.2 Å². The van der Waals surface area contributed by atoms with Crippen molar-refractivity contribution in [3.8, 4) is 0 Å². The second-order valence-corrected chi connectivity index (χ2v) is 5.58. The molecule has 2 rings (SSSR count). The highest BCUT2D eigenvalue weighted by Crippen LogP contribution is 2.17. The Morgan fingerprint density at radius 3 is 2.55 bits per heavy atom. The molecule has 110 valence electrons. The van der Waals surface area contributed by atoms with E-state index in [-0.39, 0.29) is 0 Å². The largest absolute Gasteiger partial charge is 0.368 e. The molecule has 0 aliphatic heterocycles. The standard InChI is InChI=1S/C14H24N6/c1-10(2)20(11(3)4)7-6-15-13-12-8-18-19(5)14(12)17-9-16-13/h8-11H,6-7H2,1-5H3,(H,15,16,17). The van der Waals surface area contributed by atoms with E-state index in [0.29, 0.717) is 12.1 Å². The van der Waals surface area contributed by atoms with Crippen LogP contribution >= 0.6 is 0 Å². The van der Waals surface area contributed by atoms with Crippen LogP contribution in [0.3, 0.4) is 0 Å². The van der Waals surface area contributed by atoms with Crippen LogP contribution in [0.15, 0.2) is 12.5 Å². The zero-order valence-corrected chi connectivity index (χ0v) is 13.0. The first-order valence-corrected chi connectivity index (χ1v) is 7.13. The summed E-state index contributed by atoms with van der Waals surface area (Å²) in [6.07, 6.45) is 3.38. The summed E-state index contributed by atoms with van der Waals surface area (Å²) in [5.74, 6) is 0.857. The van der Waals surface area contributed by atoms with Crippen LogP contribution in [-0.2, 0) is 7.05 Å². The normalized spacial score (nSPS) is 12.0. The van der Waals surface area contributed by atoms with Crippen molar-refractivity contribution >= 4 is 16.9 Å². The third kappa shape index (κ3) is 3.07. The van der Waals surface area contributed by atoms with E-state index in [1.165, 1.54) is 0 Å². The monoisotopic (exact) mass is 276 g/mol. The molecule has 6 nitrogen and oxygen atoms in total. The lowest BCUT2D eigenvalue weighted by Crippen LogP contribution is -2.40. The van der Waals surface area contributed by atoms with Crippen molar-refractivity contribution in [2.24, 2.45) is 7.05 Å². The Morgan fingerprint density at radius 1 is 1.20 bits per heavy atom. The van der Waals surface area contributed by atoms with Crippen LogP contribution in [0.1, 0.15) is 27.7 Å². The third-order valence-corrected chi connectivity index (χ3v) is 3.52. The summed E-state index contributed by atoms with van der Waals surface area (Å²) in [6.45, 7) is 10.8. The molecule has 0 radical (unpaired) electrons. The predicted octanol–water partition coefficient (Wildman–Crippen LogP) is 1.89. The summed E-state index contributed by atoms with van der Waals surface area (Å²) in [5, 5.41) is 8.58. The molecule has 0 unspecified atom stereocenters. The van der Waals surface area contributed by atoms with Gasteiger partial charge >= 0.3 is 0 Å². The second-order valence-electron chi connectivity index (χ2n) is 5.58. The molecular formula is C14H24N6. The summed E-state index contributed by atoms with van der Waals surface area (Å²) >= 11 is 0. The second kappa shape index (κ2) is 6.17. The van der Waals surface area contributed by atoms with Gasteiger partial charge in [-0.3, -0.25) is 9.58 Å². The fourth-order valence-corrected chi connectivity index (χ4v) is 2.52. The van der Waals surface area contributed by atoms with Crippen molar-refractivity contribution < 1.29 is 0 Å². The van der Waals surface area contributed by atoms with Gasteiger partial charge in [-0.25, -0.2) is 9.97 Å². The topological polar surface area (TPSA) is 58.9 Å². The van der Waals surface area contributed by atoms with Crippen LogP contribution < -0.4 is 5.32 Å². The maximum atomic E-state index is 4.31. The highest BCUT2D eigenvalue weighted by atomic mass is 15.3. The molecule has 0 aliphatic carbocycles. The molecule has 0 bridgehead atoms. The van der Waals surface area contributed by atoms with Gasteiger partial charge in [0.15, 0.2) is 5.65 Å². The van der Waals surface area contributed by atoms with Gasteiger partial charge in [0.05, 0.1) is 11.6 Å². The van der Waals surface area contributed by atoms with Gasteiger partial charge in [0.2, 0.25) is 0 Å². The van der Waals surface area contributed by atoms with Gasteiger partial charge in [-0.15, -0.1) is 0 Å². The van der Waals surface area contributed by atoms with E-state index in [4.69, 9.17) is 0 Å². The fraction of sp³-hybridized carbons (Fsp3) is 0.643. The molecule has 0 atom stereocenters. The van der Waals surface area contributed by atoms with E-state index < -0.39 is 0 Å². The molecule has 0 saturated heterocycles. The van der Waals surface area contributed by atoms with E-state index >= 15 is 0 Å². The van der Waals surface area contributed by atoms with Crippen molar-refractivity contribution in [1.82, 2.24) is 24.6 Å². The summed E-state index contributed by atoms with van der Waals surface area (Å²) in [7, 11) is 1.89. The number of nitrogens with one attached hydrogen (secondary N) is 1. The first-order valence-electron chi connectivity index (χ1n) is 7.13. The number of anilines is 1. The molecule has 2 heterocycles. The molecule has 0 fully saturated rings. The quantitative estimate of drug-likeness (QED) is 0.873. The van der Waals surface area contributed by atoms with Crippen molar-refractivity contribution in [3.05, 3.63) is 12.5 Å². The lowest BCUT2D eigenvalue weighted by molar-refractivity contribution is 0.182. The Bertz CT molecular complexity index is 552. The molecule has 6 heteroatoms. The third-order valence-electron chi connectivity index (χ3n) is 3.52. The van der Waals surface area contributed by atoms with E-state index in [2.05, 4.69) is 53.0 Å². The average molecular weight is 276 g/mol. The van der Waals surface area contributed by atoms with Gasteiger partial charge in [0.1, 0.15) is 12.1 Å². The van der Waals surface area contributed by atoms with Crippen LogP contribution in [0.2, 0.25) is 0 Å². The predicted molar refractivity (Wildman–Crippen MR) is 81.8 cm³/mol. The van der Waals surface area contributed by atoms with Crippen molar-refractivity contribution in [2.45, 2.75) is 39.8 Å². The molecule has 0 amide bonds. The highest BCUT2D eigenvalue weighted by molar-refractivity contribution is 5.85. The molecular weight excluding hydrogens is 252 g/mol. The number of hydrogen-bond donors (Lipinski definition) is 1. The molecule has 0 aromatic carbocycles. The van der Waals surface area contributed by atoms with E-state index in [1.807, 2.05) is 7.05 Å². The minimum atomic E-state index is 0.542. The Balaban J connectivity index is 2.03. The van der Waals surface area contributed by atoms with Gasteiger partial charge in [-0.2, -0.15) is 5.10 Å². The number of aryl methyl sites for hydroxylation is 1. The zero-order valence-electron chi connectivity index (χ0n) is 13.0. The Morgan fingerprint density at radius 2 is 1.90 bits per heavy atom. The maximum absolute atomic E-state index is 4.31. The van der Waals surface area contributed by atoms with Gasteiger partial charge in [0.25, 0.3) is 0 Å². The SMILES string of the molecule is CC(C)N(CCNc1ncnc2c1cnn2C)C(C)C. The number of aromatic nitrogens is 4. The number of hydrogen-bond acceptors (Lipinski definition) is 5. The van der Waals surface area contributed by atoms with Gasteiger partial charge in [-0.1, -0.05) is 0 Å². The van der Waals surface area contributed by atoms with E-state index in [9.17, 15) is 0 Å². The van der Waals surface area contributed by atoms with Gasteiger partial charge < -0.3 is 5.32 Å². The van der Waals surface area contributed by atoms with Gasteiger partial charge in [0, 0.05) is 32.2 Å². The Hall–Kier alpha value is -1.69. The smallest absolute Gasteiger partial charge is 0.163 e. The minimum absolute atomic E-state index is 0.542. The molecule has 0 saturated carbocycles. The number of nitrogens with zero attached hydrogens (tertiary/aromatic N) is 5. The number of fused-ring (bicyclic) bond motifs is 1. The molecule has 2 aromatic rings.